The molecule has 4 aromatic rings. The number of nitrogens with one attached hydrogen (secondary N) is 1. The van der Waals surface area contributed by atoms with E-state index in [1.54, 1.807) is 35.1 Å². The third-order valence-corrected chi connectivity index (χ3v) is 3.61. The van der Waals surface area contributed by atoms with Crippen molar-refractivity contribution >= 4 is 22.6 Å². The maximum atomic E-state index is 12.3. The third-order valence-electron chi connectivity index (χ3n) is 3.61. The summed E-state index contributed by atoms with van der Waals surface area (Å²) >= 11 is 0. The van der Waals surface area contributed by atoms with E-state index in [1.165, 1.54) is 0 Å². The van der Waals surface area contributed by atoms with Gasteiger partial charge in [0.05, 0.1) is 5.52 Å². The SMILES string of the molecule is O=C(Nc1ccnc(-n2nnc3ccccc32)c1)c1ccccc1. The third kappa shape index (κ3) is 2.61. The van der Waals surface area contributed by atoms with Gasteiger partial charge >= 0.3 is 0 Å². The molecular formula is C18H13N5O. The quantitative estimate of drug-likeness (QED) is 0.630. The van der Waals surface area contributed by atoms with Crippen LogP contribution in [0.4, 0.5) is 5.69 Å². The summed E-state index contributed by atoms with van der Waals surface area (Å²) in [5, 5.41) is 11.1. The van der Waals surface area contributed by atoms with Gasteiger partial charge in [0.15, 0.2) is 5.82 Å². The summed E-state index contributed by atoms with van der Waals surface area (Å²) in [7, 11) is 0. The number of amides is 1. The highest BCUT2D eigenvalue weighted by atomic mass is 16.1. The van der Waals surface area contributed by atoms with Crippen LogP contribution in [-0.2, 0) is 0 Å². The van der Waals surface area contributed by atoms with Crippen LogP contribution in [0.3, 0.4) is 0 Å². The van der Waals surface area contributed by atoms with Crippen molar-refractivity contribution in [2.75, 3.05) is 5.32 Å². The highest BCUT2D eigenvalue weighted by molar-refractivity contribution is 6.04. The second-order valence-corrected chi connectivity index (χ2v) is 5.21. The van der Waals surface area contributed by atoms with Crippen LogP contribution in [0.5, 0.6) is 0 Å². The van der Waals surface area contributed by atoms with Crippen molar-refractivity contribution in [1.29, 1.82) is 0 Å². The van der Waals surface area contributed by atoms with Gasteiger partial charge in [-0.25, -0.2) is 4.98 Å². The number of nitrogens with zero attached hydrogens (tertiary/aromatic N) is 4. The molecule has 0 spiro atoms. The molecule has 0 atom stereocenters. The topological polar surface area (TPSA) is 72.7 Å². The Labute approximate surface area is 137 Å². The Balaban J connectivity index is 1.66. The molecule has 2 aromatic heterocycles. The van der Waals surface area contributed by atoms with Crippen LogP contribution >= 0.6 is 0 Å². The fourth-order valence-electron chi connectivity index (χ4n) is 2.44. The first-order valence-corrected chi connectivity index (χ1v) is 7.44. The van der Waals surface area contributed by atoms with E-state index >= 15 is 0 Å². The van der Waals surface area contributed by atoms with Crippen LogP contribution in [0.1, 0.15) is 10.4 Å². The molecule has 0 unspecified atom stereocenters. The first kappa shape index (κ1) is 14.1. The van der Waals surface area contributed by atoms with Crippen molar-refractivity contribution in [3.8, 4) is 5.82 Å². The lowest BCUT2D eigenvalue weighted by molar-refractivity contribution is 0.102. The average Bonchev–Trinajstić information content (AvgIpc) is 3.07. The monoisotopic (exact) mass is 315 g/mol. The number of hydrogen-bond donors (Lipinski definition) is 1. The highest BCUT2D eigenvalue weighted by Gasteiger charge is 2.09. The van der Waals surface area contributed by atoms with E-state index in [0.29, 0.717) is 17.1 Å². The highest BCUT2D eigenvalue weighted by Crippen LogP contribution is 2.17. The van der Waals surface area contributed by atoms with Crippen molar-refractivity contribution in [1.82, 2.24) is 20.0 Å². The van der Waals surface area contributed by atoms with E-state index in [-0.39, 0.29) is 5.91 Å². The molecule has 0 saturated carbocycles. The van der Waals surface area contributed by atoms with E-state index in [4.69, 9.17) is 0 Å². The van der Waals surface area contributed by atoms with Gasteiger partial charge in [-0.1, -0.05) is 35.5 Å². The second kappa shape index (κ2) is 5.92. The molecule has 2 heterocycles. The minimum Gasteiger partial charge on any atom is -0.322 e. The normalized spacial score (nSPS) is 10.7. The van der Waals surface area contributed by atoms with Crippen molar-refractivity contribution < 1.29 is 4.79 Å². The molecular weight excluding hydrogens is 302 g/mol. The number of rotatable bonds is 3. The Kier molecular flexibility index (Phi) is 3.47. The standard InChI is InChI=1S/C18H13N5O/c24-18(13-6-2-1-3-7-13)20-14-10-11-19-17(12-14)23-16-9-5-4-8-15(16)21-22-23/h1-12H,(H,19,20,24). The molecule has 0 aliphatic carbocycles. The van der Waals surface area contributed by atoms with E-state index in [0.717, 1.165) is 11.0 Å². The number of carbonyl (C=O) groups is 1. The molecule has 0 radical (unpaired) electrons. The van der Waals surface area contributed by atoms with Gasteiger partial charge in [0, 0.05) is 23.5 Å². The predicted octanol–water partition coefficient (Wildman–Crippen LogP) is 3.07. The van der Waals surface area contributed by atoms with Gasteiger partial charge in [0.2, 0.25) is 0 Å². The maximum Gasteiger partial charge on any atom is 0.255 e. The molecule has 24 heavy (non-hydrogen) atoms. The van der Waals surface area contributed by atoms with Gasteiger partial charge in [-0.2, -0.15) is 4.68 Å². The zero-order valence-corrected chi connectivity index (χ0v) is 12.6. The fraction of sp³-hybridized carbons (Fsp3) is 0. The van der Waals surface area contributed by atoms with Crippen molar-refractivity contribution in [3.05, 3.63) is 78.5 Å². The number of hydrogen-bond acceptors (Lipinski definition) is 4. The molecule has 116 valence electrons. The Bertz CT molecular complexity index is 1010. The Morgan fingerprint density at radius 1 is 0.958 bits per heavy atom. The molecule has 1 amide bonds. The molecule has 0 aliphatic rings. The number of benzene rings is 2. The van der Waals surface area contributed by atoms with Crippen LogP contribution in [0.25, 0.3) is 16.9 Å². The summed E-state index contributed by atoms with van der Waals surface area (Å²) in [5.74, 6) is 0.422. The Hall–Kier alpha value is -3.54. The molecule has 6 heteroatoms. The summed E-state index contributed by atoms with van der Waals surface area (Å²) in [5.41, 5.74) is 2.89. The van der Waals surface area contributed by atoms with Crippen LogP contribution in [0, 0.1) is 0 Å². The van der Waals surface area contributed by atoms with Gasteiger partial charge in [-0.3, -0.25) is 4.79 Å². The van der Waals surface area contributed by atoms with Crippen LogP contribution < -0.4 is 5.32 Å². The first-order chi connectivity index (χ1) is 11.8. The summed E-state index contributed by atoms with van der Waals surface area (Å²) < 4.78 is 1.65. The molecule has 0 saturated heterocycles. The summed E-state index contributed by atoms with van der Waals surface area (Å²) in [4.78, 5) is 16.6. The van der Waals surface area contributed by atoms with E-state index in [1.807, 2.05) is 42.5 Å². The van der Waals surface area contributed by atoms with Gasteiger partial charge in [0.1, 0.15) is 5.52 Å². The van der Waals surface area contributed by atoms with E-state index in [2.05, 4.69) is 20.6 Å². The van der Waals surface area contributed by atoms with Crippen LogP contribution in [0.15, 0.2) is 72.9 Å². The molecule has 4 rings (SSSR count). The van der Waals surface area contributed by atoms with Gasteiger partial charge < -0.3 is 5.32 Å². The van der Waals surface area contributed by atoms with Gasteiger partial charge in [0.25, 0.3) is 5.91 Å². The van der Waals surface area contributed by atoms with Crippen molar-refractivity contribution in [3.63, 3.8) is 0 Å². The lowest BCUT2D eigenvalue weighted by atomic mass is 10.2. The number of fused-ring (bicyclic) bond motifs is 1. The molecule has 1 N–H and O–H groups in total. The summed E-state index contributed by atoms with van der Waals surface area (Å²) in [6, 6.07) is 20.2. The lowest BCUT2D eigenvalue weighted by Gasteiger charge is -2.07. The fourth-order valence-corrected chi connectivity index (χ4v) is 2.44. The Morgan fingerprint density at radius 2 is 1.75 bits per heavy atom. The van der Waals surface area contributed by atoms with E-state index < -0.39 is 0 Å². The van der Waals surface area contributed by atoms with Gasteiger partial charge in [-0.05, 0) is 30.3 Å². The van der Waals surface area contributed by atoms with E-state index in [9.17, 15) is 4.79 Å². The van der Waals surface area contributed by atoms with Crippen molar-refractivity contribution in [2.45, 2.75) is 0 Å². The smallest absolute Gasteiger partial charge is 0.255 e. The number of para-hydroxylation sites is 1. The molecule has 6 nitrogen and oxygen atoms in total. The summed E-state index contributed by atoms with van der Waals surface area (Å²) in [6.07, 6.45) is 1.63. The molecule has 0 aliphatic heterocycles. The molecule has 0 fully saturated rings. The summed E-state index contributed by atoms with van der Waals surface area (Å²) in [6.45, 7) is 0. The minimum atomic E-state index is -0.170. The second-order valence-electron chi connectivity index (χ2n) is 5.21. The first-order valence-electron chi connectivity index (χ1n) is 7.44. The Morgan fingerprint density at radius 3 is 2.62 bits per heavy atom. The molecule has 2 aromatic carbocycles. The van der Waals surface area contributed by atoms with Crippen LogP contribution in [0.2, 0.25) is 0 Å². The van der Waals surface area contributed by atoms with Gasteiger partial charge in [-0.15, -0.1) is 5.10 Å². The molecule has 0 bridgehead atoms. The largest absolute Gasteiger partial charge is 0.322 e. The average molecular weight is 315 g/mol. The minimum absolute atomic E-state index is 0.170. The number of carbonyl (C=O) groups excluding carboxylic acids is 1. The number of pyridine rings is 1. The predicted molar refractivity (Wildman–Crippen MR) is 91.1 cm³/mol. The maximum absolute atomic E-state index is 12.3. The van der Waals surface area contributed by atoms with Crippen molar-refractivity contribution in [2.24, 2.45) is 0 Å². The number of anilines is 1. The van der Waals surface area contributed by atoms with Crippen LogP contribution in [-0.4, -0.2) is 25.9 Å². The number of aromatic nitrogens is 4. The lowest BCUT2D eigenvalue weighted by Crippen LogP contribution is -2.12. The zero-order chi connectivity index (χ0) is 16.4. The zero-order valence-electron chi connectivity index (χ0n) is 12.6.